The quantitative estimate of drug-likeness (QED) is 0.174. The number of carbonyl (C=O) groups excluding carboxylic acids is 1. The molecule has 0 unspecified atom stereocenters. The van der Waals surface area contributed by atoms with Crippen LogP contribution < -0.4 is 4.74 Å². The molecule has 0 aliphatic heterocycles. The van der Waals surface area contributed by atoms with Crippen LogP contribution in [-0.2, 0) is 0 Å². The van der Waals surface area contributed by atoms with Crippen LogP contribution in [0.15, 0.2) is 152 Å². The molecule has 3 nitrogen and oxygen atoms in total. The standard InChI is InChI=1S/C39H26O3/c40-37-33(26-14-4-1-5-15-26)24-29-20-10-12-22-31(29)35(37)36-32-23-13-11-21-30(32)25-34(27-16-6-2-7-17-27)38(36)42-39(41)28-18-8-3-9-19-28/h1-25,40H. The molecule has 0 aliphatic rings. The van der Waals surface area contributed by atoms with Crippen molar-refractivity contribution in [3.8, 4) is 44.9 Å². The molecule has 0 aromatic heterocycles. The number of phenols is 1. The van der Waals surface area contributed by atoms with Crippen LogP contribution in [0.25, 0.3) is 54.9 Å². The fourth-order valence-corrected chi connectivity index (χ4v) is 5.67. The van der Waals surface area contributed by atoms with E-state index in [2.05, 4.69) is 6.07 Å². The summed E-state index contributed by atoms with van der Waals surface area (Å²) in [6.45, 7) is 0. The molecule has 0 aliphatic carbocycles. The molecule has 0 radical (unpaired) electrons. The molecule has 7 aromatic rings. The topological polar surface area (TPSA) is 46.5 Å². The van der Waals surface area contributed by atoms with Gasteiger partial charge < -0.3 is 9.84 Å². The van der Waals surface area contributed by atoms with Crippen LogP contribution in [0.5, 0.6) is 11.5 Å². The zero-order valence-electron chi connectivity index (χ0n) is 22.7. The summed E-state index contributed by atoms with van der Waals surface area (Å²) in [7, 11) is 0. The minimum absolute atomic E-state index is 0.132. The van der Waals surface area contributed by atoms with E-state index in [1.807, 2.05) is 133 Å². The summed E-state index contributed by atoms with van der Waals surface area (Å²) in [5, 5.41) is 15.8. The normalized spacial score (nSPS) is 11.0. The van der Waals surface area contributed by atoms with Crippen LogP contribution in [-0.4, -0.2) is 11.1 Å². The molecular weight excluding hydrogens is 516 g/mol. The molecule has 42 heavy (non-hydrogen) atoms. The van der Waals surface area contributed by atoms with Crippen LogP contribution in [0.3, 0.4) is 0 Å². The molecular formula is C39H26O3. The van der Waals surface area contributed by atoms with Crippen molar-refractivity contribution in [2.75, 3.05) is 0 Å². The fourth-order valence-electron chi connectivity index (χ4n) is 5.67. The summed E-state index contributed by atoms with van der Waals surface area (Å²) in [5.41, 5.74) is 5.01. The van der Waals surface area contributed by atoms with Crippen molar-refractivity contribution < 1.29 is 14.6 Å². The summed E-state index contributed by atoms with van der Waals surface area (Å²) in [4.78, 5) is 13.7. The second kappa shape index (κ2) is 10.7. The maximum absolute atomic E-state index is 13.7. The molecule has 3 heteroatoms. The summed E-state index contributed by atoms with van der Waals surface area (Å²) in [6, 6.07) is 48.9. The van der Waals surface area contributed by atoms with Gasteiger partial charge in [0, 0.05) is 22.3 Å². The first kappa shape index (κ1) is 25.3. The highest BCUT2D eigenvalue weighted by molar-refractivity contribution is 6.14. The molecule has 7 rings (SSSR count). The lowest BCUT2D eigenvalue weighted by molar-refractivity contribution is 0.0736. The van der Waals surface area contributed by atoms with Gasteiger partial charge in [-0.25, -0.2) is 4.79 Å². The number of phenolic OH excluding ortho intramolecular Hbond substituents is 1. The average molecular weight is 543 g/mol. The third-order valence-electron chi connectivity index (χ3n) is 7.65. The van der Waals surface area contributed by atoms with Crippen molar-refractivity contribution >= 4 is 27.5 Å². The maximum atomic E-state index is 13.7. The lowest BCUT2D eigenvalue weighted by atomic mass is 9.86. The van der Waals surface area contributed by atoms with Gasteiger partial charge in [0.25, 0.3) is 0 Å². The van der Waals surface area contributed by atoms with E-state index in [0.29, 0.717) is 28.0 Å². The predicted octanol–water partition coefficient (Wildman–Crippen LogP) is 9.92. The molecule has 0 atom stereocenters. The third kappa shape index (κ3) is 4.47. The van der Waals surface area contributed by atoms with Crippen molar-refractivity contribution in [2.24, 2.45) is 0 Å². The molecule has 0 saturated carbocycles. The van der Waals surface area contributed by atoms with E-state index in [1.54, 1.807) is 12.1 Å². The van der Waals surface area contributed by atoms with Gasteiger partial charge in [-0.15, -0.1) is 0 Å². The smallest absolute Gasteiger partial charge is 0.343 e. The van der Waals surface area contributed by atoms with Gasteiger partial charge in [0.2, 0.25) is 0 Å². The Morgan fingerprint density at radius 3 is 1.55 bits per heavy atom. The van der Waals surface area contributed by atoms with Crippen LogP contribution in [0, 0.1) is 0 Å². The second-order valence-electron chi connectivity index (χ2n) is 10.2. The summed E-state index contributed by atoms with van der Waals surface area (Å²) < 4.78 is 6.38. The second-order valence-corrected chi connectivity index (χ2v) is 10.2. The Hall–Kier alpha value is -5.67. The van der Waals surface area contributed by atoms with Gasteiger partial charge in [-0.05, 0) is 56.9 Å². The molecule has 0 bridgehead atoms. The van der Waals surface area contributed by atoms with Gasteiger partial charge >= 0.3 is 5.97 Å². The van der Waals surface area contributed by atoms with Crippen LogP contribution >= 0.6 is 0 Å². The molecule has 0 saturated heterocycles. The Morgan fingerprint density at radius 1 is 0.500 bits per heavy atom. The summed E-state index contributed by atoms with van der Waals surface area (Å²) in [5.74, 6) is 0.0685. The Kier molecular flexibility index (Phi) is 6.46. The number of carbonyl (C=O) groups is 1. The molecule has 1 N–H and O–H groups in total. The first-order valence-corrected chi connectivity index (χ1v) is 13.9. The van der Waals surface area contributed by atoms with Crippen LogP contribution in [0.2, 0.25) is 0 Å². The number of esters is 1. The van der Waals surface area contributed by atoms with Gasteiger partial charge in [0.1, 0.15) is 11.5 Å². The van der Waals surface area contributed by atoms with E-state index >= 15 is 0 Å². The summed E-state index contributed by atoms with van der Waals surface area (Å²) in [6.07, 6.45) is 0. The highest BCUT2D eigenvalue weighted by Crippen LogP contribution is 2.51. The Bertz CT molecular complexity index is 2070. The van der Waals surface area contributed by atoms with Crippen molar-refractivity contribution in [1.82, 2.24) is 0 Å². The Balaban J connectivity index is 1.62. The number of rotatable bonds is 5. The van der Waals surface area contributed by atoms with Crippen LogP contribution in [0.1, 0.15) is 10.4 Å². The maximum Gasteiger partial charge on any atom is 0.343 e. The van der Waals surface area contributed by atoms with E-state index in [0.717, 1.165) is 38.2 Å². The molecule has 200 valence electrons. The Labute approximate surface area is 243 Å². The van der Waals surface area contributed by atoms with Crippen molar-refractivity contribution in [2.45, 2.75) is 0 Å². The highest BCUT2D eigenvalue weighted by atomic mass is 16.5. The first-order valence-electron chi connectivity index (χ1n) is 13.9. The SMILES string of the molecule is O=C(Oc1c(-c2ccccc2)cc2ccccc2c1-c1c(O)c(-c2ccccc2)cc2ccccc12)c1ccccc1. The Morgan fingerprint density at radius 2 is 0.952 bits per heavy atom. The number of hydrogen-bond acceptors (Lipinski definition) is 3. The zero-order valence-corrected chi connectivity index (χ0v) is 22.7. The van der Waals surface area contributed by atoms with Crippen molar-refractivity contribution in [3.63, 3.8) is 0 Å². The molecule has 7 aromatic carbocycles. The van der Waals surface area contributed by atoms with Crippen molar-refractivity contribution in [3.05, 3.63) is 157 Å². The fraction of sp³-hybridized carbons (Fsp3) is 0. The minimum Gasteiger partial charge on any atom is -0.507 e. The molecule has 0 heterocycles. The molecule has 0 fully saturated rings. The van der Waals surface area contributed by atoms with Gasteiger partial charge in [-0.2, -0.15) is 0 Å². The van der Waals surface area contributed by atoms with Gasteiger partial charge in [0.05, 0.1) is 5.56 Å². The van der Waals surface area contributed by atoms with E-state index in [1.165, 1.54) is 0 Å². The highest BCUT2D eigenvalue weighted by Gasteiger charge is 2.26. The minimum atomic E-state index is -0.465. The van der Waals surface area contributed by atoms with E-state index in [4.69, 9.17) is 4.74 Å². The number of benzene rings is 7. The predicted molar refractivity (Wildman–Crippen MR) is 171 cm³/mol. The zero-order chi connectivity index (χ0) is 28.5. The number of hydrogen-bond donors (Lipinski definition) is 1. The van der Waals surface area contributed by atoms with Crippen LogP contribution in [0.4, 0.5) is 0 Å². The van der Waals surface area contributed by atoms with Crippen molar-refractivity contribution in [1.29, 1.82) is 0 Å². The first-order chi connectivity index (χ1) is 20.7. The van der Waals surface area contributed by atoms with E-state index < -0.39 is 5.97 Å². The van der Waals surface area contributed by atoms with Gasteiger partial charge in [0.15, 0.2) is 0 Å². The number of ether oxygens (including phenoxy) is 1. The lowest BCUT2D eigenvalue weighted by Crippen LogP contribution is -2.10. The average Bonchev–Trinajstić information content (AvgIpc) is 3.06. The number of fused-ring (bicyclic) bond motifs is 2. The van der Waals surface area contributed by atoms with Gasteiger partial charge in [-0.3, -0.25) is 0 Å². The molecule has 0 spiro atoms. The van der Waals surface area contributed by atoms with E-state index in [9.17, 15) is 9.90 Å². The summed E-state index contributed by atoms with van der Waals surface area (Å²) >= 11 is 0. The van der Waals surface area contributed by atoms with E-state index in [-0.39, 0.29) is 5.75 Å². The molecule has 0 amide bonds. The number of aromatic hydroxyl groups is 1. The lowest BCUT2D eigenvalue weighted by Gasteiger charge is -2.21. The monoisotopic (exact) mass is 542 g/mol. The van der Waals surface area contributed by atoms with Gasteiger partial charge in [-0.1, -0.05) is 127 Å². The third-order valence-corrected chi connectivity index (χ3v) is 7.65. The largest absolute Gasteiger partial charge is 0.507 e.